The molecule has 0 fully saturated rings. The number of benzene rings is 2. The standard InChI is InChI=1S/C23H26N2O2/c1-23(2,3)19-8-12-21(13-9-19)27-17-22(26)24-16-18-6-10-20(11-7-18)25-14-4-5-15-25/h4-15H,16-17H2,1-3H3,(H,24,26). The van der Waals surface area contributed by atoms with Gasteiger partial charge in [-0.3, -0.25) is 4.79 Å². The SMILES string of the molecule is CC(C)(C)c1ccc(OCC(=O)NCc2ccc(-n3cccc3)cc2)cc1. The number of nitrogens with one attached hydrogen (secondary N) is 1. The summed E-state index contributed by atoms with van der Waals surface area (Å²) in [5, 5.41) is 2.89. The Kier molecular flexibility index (Phi) is 5.65. The monoisotopic (exact) mass is 362 g/mol. The summed E-state index contributed by atoms with van der Waals surface area (Å²) in [6.45, 7) is 7.00. The van der Waals surface area contributed by atoms with Crippen LogP contribution in [0.1, 0.15) is 31.9 Å². The van der Waals surface area contributed by atoms with E-state index in [1.54, 1.807) is 0 Å². The minimum atomic E-state index is -0.135. The summed E-state index contributed by atoms with van der Waals surface area (Å²) in [6, 6.07) is 20.0. The Morgan fingerprint density at radius 1 is 0.963 bits per heavy atom. The van der Waals surface area contributed by atoms with Gasteiger partial charge in [-0.15, -0.1) is 0 Å². The average Bonchev–Trinajstić information content (AvgIpc) is 3.19. The number of hydrogen-bond donors (Lipinski definition) is 1. The number of rotatable bonds is 6. The lowest BCUT2D eigenvalue weighted by Gasteiger charge is -2.19. The van der Waals surface area contributed by atoms with Crippen LogP contribution in [0.25, 0.3) is 5.69 Å². The fourth-order valence-corrected chi connectivity index (χ4v) is 2.74. The molecule has 0 aliphatic rings. The summed E-state index contributed by atoms with van der Waals surface area (Å²) >= 11 is 0. The van der Waals surface area contributed by atoms with Crippen molar-refractivity contribution in [1.29, 1.82) is 0 Å². The predicted molar refractivity (Wildman–Crippen MR) is 108 cm³/mol. The number of carbonyl (C=O) groups excluding carboxylic acids is 1. The number of hydrogen-bond acceptors (Lipinski definition) is 2. The molecule has 4 heteroatoms. The second kappa shape index (κ2) is 8.12. The summed E-state index contributed by atoms with van der Waals surface area (Å²) in [5.74, 6) is 0.568. The first-order chi connectivity index (χ1) is 12.9. The van der Waals surface area contributed by atoms with Crippen molar-refractivity contribution in [3.05, 3.63) is 84.2 Å². The van der Waals surface area contributed by atoms with Crippen LogP contribution < -0.4 is 10.1 Å². The van der Waals surface area contributed by atoms with Crippen molar-refractivity contribution in [2.24, 2.45) is 0 Å². The van der Waals surface area contributed by atoms with Crippen LogP contribution in [-0.2, 0) is 16.8 Å². The zero-order valence-electron chi connectivity index (χ0n) is 16.1. The Bertz CT molecular complexity index is 858. The predicted octanol–water partition coefficient (Wildman–Crippen LogP) is 4.47. The second-order valence-electron chi connectivity index (χ2n) is 7.60. The van der Waals surface area contributed by atoms with Gasteiger partial charge in [0.2, 0.25) is 0 Å². The third-order valence-electron chi connectivity index (χ3n) is 4.42. The molecule has 1 aromatic heterocycles. The van der Waals surface area contributed by atoms with Crippen LogP contribution >= 0.6 is 0 Å². The van der Waals surface area contributed by atoms with Gasteiger partial charge in [0.1, 0.15) is 5.75 Å². The van der Waals surface area contributed by atoms with Gasteiger partial charge in [0.05, 0.1) is 0 Å². The third-order valence-corrected chi connectivity index (χ3v) is 4.42. The summed E-state index contributed by atoms with van der Waals surface area (Å²) < 4.78 is 7.62. The first kappa shape index (κ1) is 18.8. The summed E-state index contributed by atoms with van der Waals surface area (Å²) in [7, 11) is 0. The third kappa shape index (κ3) is 5.23. The van der Waals surface area contributed by atoms with E-state index in [0.717, 1.165) is 11.3 Å². The molecule has 0 aliphatic carbocycles. The average molecular weight is 362 g/mol. The maximum atomic E-state index is 12.0. The fraction of sp³-hybridized carbons (Fsp3) is 0.261. The Hall–Kier alpha value is -3.01. The summed E-state index contributed by atoms with van der Waals surface area (Å²) in [6.07, 6.45) is 4.00. The highest BCUT2D eigenvalue weighted by molar-refractivity contribution is 5.77. The maximum absolute atomic E-state index is 12.0. The van der Waals surface area contributed by atoms with Crippen molar-refractivity contribution in [2.75, 3.05) is 6.61 Å². The molecule has 3 aromatic rings. The Morgan fingerprint density at radius 2 is 1.59 bits per heavy atom. The van der Waals surface area contributed by atoms with Crippen molar-refractivity contribution in [2.45, 2.75) is 32.7 Å². The van der Waals surface area contributed by atoms with Gasteiger partial charge in [0, 0.05) is 24.6 Å². The van der Waals surface area contributed by atoms with E-state index in [4.69, 9.17) is 4.74 Å². The van der Waals surface area contributed by atoms with Gasteiger partial charge >= 0.3 is 0 Å². The van der Waals surface area contributed by atoms with Crippen LogP contribution in [0.15, 0.2) is 73.1 Å². The first-order valence-corrected chi connectivity index (χ1v) is 9.14. The lowest BCUT2D eigenvalue weighted by atomic mass is 9.87. The van der Waals surface area contributed by atoms with Gasteiger partial charge in [0.25, 0.3) is 5.91 Å². The molecule has 0 saturated carbocycles. The van der Waals surface area contributed by atoms with Crippen LogP contribution in [0.3, 0.4) is 0 Å². The van der Waals surface area contributed by atoms with Crippen molar-refractivity contribution in [3.63, 3.8) is 0 Å². The topological polar surface area (TPSA) is 43.3 Å². The Balaban J connectivity index is 1.46. The van der Waals surface area contributed by atoms with E-state index in [9.17, 15) is 4.79 Å². The van der Waals surface area contributed by atoms with Crippen molar-refractivity contribution < 1.29 is 9.53 Å². The number of aromatic nitrogens is 1. The minimum absolute atomic E-state index is 0.0102. The zero-order chi connectivity index (χ0) is 19.3. The van der Waals surface area contributed by atoms with Gasteiger partial charge in [-0.2, -0.15) is 0 Å². The molecule has 27 heavy (non-hydrogen) atoms. The molecule has 0 aliphatic heterocycles. The molecule has 0 radical (unpaired) electrons. The quantitative estimate of drug-likeness (QED) is 0.703. The Morgan fingerprint density at radius 3 is 2.19 bits per heavy atom. The largest absolute Gasteiger partial charge is 0.484 e. The van der Waals surface area contributed by atoms with E-state index in [0.29, 0.717) is 12.3 Å². The molecule has 2 aromatic carbocycles. The van der Waals surface area contributed by atoms with Gasteiger partial charge < -0.3 is 14.6 Å². The van der Waals surface area contributed by atoms with E-state index in [1.807, 2.05) is 77.6 Å². The maximum Gasteiger partial charge on any atom is 0.258 e. The molecular formula is C23H26N2O2. The van der Waals surface area contributed by atoms with E-state index >= 15 is 0 Å². The van der Waals surface area contributed by atoms with Crippen LogP contribution in [0.2, 0.25) is 0 Å². The smallest absolute Gasteiger partial charge is 0.258 e. The van der Waals surface area contributed by atoms with Gasteiger partial charge in [-0.25, -0.2) is 0 Å². The lowest BCUT2D eigenvalue weighted by molar-refractivity contribution is -0.123. The number of ether oxygens (including phenoxy) is 1. The molecule has 140 valence electrons. The highest BCUT2D eigenvalue weighted by Gasteiger charge is 2.13. The van der Waals surface area contributed by atoms with E-state index in [2.05, 4.69) is 26.1 Å². The molecular weight excluding hydrogens is 336 g/mol. The lowest BCUT2D eigenvalue weighted by Crippen LogP contribution is -2.28. The second-order valence-corrected chi connectivity index (χ2v) is 7.60. The normalized spacial score (nSPS) is 11.2. The van der Waals surface area contributed by atoms with Crippen LogP contribution in [0, 0.1) is 0 Å². The molecule has 1 heterocycles. The number of amides is 1. The summed E-state index contributed by atoms with van der Waals surface area (Å²) in [5.41, 5.74) is 3.49. The minimum Gasteiger partial charge on any atom is -0.484 e. The Labute approximate surface area is 160 Å². The molecule has 0 spiro atoms. The van der Waals surface area contributed by atoms with Crippen molar-refractivity contribution >= 4 is 5.91 Å². The molecule has 3 rings (SSSR count). The molecule has 0 saturated heterocycles. The molecule has 0 atom stereocenters. The number of carbonyl (C=O) groups is 1. The molecule has 0 bridgehead atoms. The van der Waals surface area contributed by atoms with Gasteiger partial charge in [0.15, 0.2) is 6.61 Å². The van der Waals surface area contributed by atoms with E-state index in [1.165, 1.54) is 5.56 Å². The summed E-state index contributed by atoms with van der Waals surface area (Å²) in [4.78, 5) is 12.0. The fourth-order valence-electron chi connectivity index (χ4n) is 2.74. The molecule has 1 amide bonds. The van der Waals surface area contributed by atoms with E-state index < -0.39 is 0 Å². The highest BCUT2D eigenvalue weighted by Crippen LogP contribution is 2.24. The van der Waals surface area contributed by atoms with Gasteiger partial charge in [-0.1, -0.05) is 45.0 Å². The van der Waals surface area contributed by atoms with Gasteiger partial charge in [-0.05, 0) is 52.9 Å². The van der Waals surface area contributed by atoms with Crippen LogP contribution in [0.5, 0.6) is 5.75 Å². The van der Waals surface area contributed by atoms with Crippen molar-refractivity contribution in [3.8, 4) is 11.4 Å². The van der Waals surface area contributed by atoms with Crippen molar-refractivity contribution in [1.82, 2.24) is 9.88 Å². The zero-order valence-corrected chi connectivity index (χ0v) is 16.1. The highest BCUT2D eigenvalue weighted by atomic mass is 16.5. The first-order valence-electron chi connectivity index (χ1n) is 9.14. The molecule has 0 unspecified atom stereocenters. The molecule has 4 nitrogen and oxygen atoms in total. The molecule has 1 N–H and O–H groups in total. The van der Waals surface area contributed by atoms with E-state index in [-0.39, 0.29) is 17.9 Å². The van der Waals surface area contributed by atoms with Crippen LogP contribution in [-0.4, -0.2) is 17.1 Å². The van der Waals surface area contributed by atoms with Crippen LogP contribution in [0.4, 0.5) is 0 Å². The number of nitrogens with zero attached hydrogens (tertiary/aromatic N) is 1.